The number of primary sulfonamides is 1. The van der Waals surface area contributed by atoms with Gasteiger partial charge in [-0.2, -0.15) is 0 Å². The molecule has 5 N–H and O–H groups in total. The molecule has 0 bridgehead atoms. The van der Waals surface area contributed by atoms with Gasteiger partial charge in [0.15, 0.2) is 0 Å². The molecule has 20 heavy (non-hydrogen) atoms. The van der Waals surface area contributed by atoms with Crippen molar-refractivity contribution in [2.45, 2.75) is 18.7 Å². The lowest BCUT2D eigenvalue weighted by Crippen LogP contribution is -2.37. The fourth-order valence-corrected chi connectivity index (χ4v) is 2.53. The van der Waals surface area contributed by atoms with Gasteiger partial charge in [0, 0.05) is 13.1 Å². The molecule has 0 heterocycles. The maximum absolute atomic E-state index is 11.6. The number of hydrogen-bond donors (Lipinski definition) is 3. The molecule has 1 aromatic rings. The van der Waals surface area contributed by atoms with Crippen LogP contribution in [-0.4, -0.2) is 34.0 Å². The first-order chi connectivity index (χ1) is 9.31. The van der Waals surface area contributed by atoms with Crippen LogP contribution in [0.25, 0.3) is 0 Å². The van der Waals surface area contributed by atoms with E-state index >= 15 is 0 Å². The summed E-state index contributed by atoms with van der Waals surface area (Å²) < 4.78 is 22.9. The number of rotatable bonds is 6. The van der Waals surface area contributed by atoms with Gasteiger partial charge in [-0.1, -0.05) is 6.07 Å². The lowest BCUT2D eigenvalue weighted by molar-refractivity contribution is -0.119. The van der Waals surface area contributed by atoms with Crippen LogP contribution in [0.3, 0.4) is 0 Å². The van der Waals surface area contributed by atoms with Crippen LogP contribution in [0.2, 0.25) is 0 Å². The fourth-order valence-electron chi connectivity index (χ4n) is 1.85. The van der Waals surface area contributed by atoms with Crippen LogP contribution in [-0.2, 0) is 14.8 Å². The van der Waals surface area contributed by atoms with Crippen molar-refractivity contribution < 1.29 is 13.2 Å². The van der Waals surface area contributed by atoms with Gasteiger partial charge in [-0.25, -0.2) is 13.6 Å². The topological polar surface area (TPSA) is 119 Å². The largest absolute Gasteiger partial charge is 0.396 e. The lowest BCUT2D eigenvalue weighted by Gasteiger charge is -2.24. The SMILES string of the molecule is CCNC(=O)CN(CC)c1cccc(S(N)(=O)=O)c1N. The normalized spacial score (nSPS) is 11.2. The predicted molar refractivity (Wildman–Crippen MR) is 78.8 cm³/mol. The van der Waals surface area contributed by atoms with Gasteiger partial charge < -0.3 is 16.0 Å². The smallest absolute Gasteiger partial charge is 0.240 e. The maximum Gasteiger partial charge on any atom is 0.240 e. The molecular weight excluding hydrogens is 280 g/mol. The van der Waals surface area contributed by atoms with Gasteiger partial charge in [-0.15, -0.1) is 0 Å². The number of carbonyl (C=O) groups excluding carboxylic acids is 1. The minimum Gasteiger partial charge on any atom is -0.396 e. The minimum absolute atomic E-state index is 0.0566. The molecular formula is C12H20N4O3S. The Morgan fingerprint density at radius 1 is 1.35 bits per heavy atom. The molecule has 1 rings (SSSR count). The molecule has 0 saturated carbocycles. The van der Waals surface area contributed by atoms with Crippen molar-refractivity contribution in [2.24, 2.45) is 5.14 Å². The third kappa shape index (κ3) is 3.84. The van der Waals surface area contributed by atoms with E-state index in [0.29, 0.717) is 18.8 Å². The van der Waals surface area contributed by atoms with Crippen LogP contribution >= 0.6 is 0 Å². The van der Waals surface area contributed by atoms with Crippen LogP contribution in [0.5, 0.6) is 0 Å². The first-order valence-electron chi connectivity index (χ1n) is 6.24. The zero-order valence-electron chi connectivity index (χ0n) is 11.6. The standard InChI is InChI=1S/C12H20N4O3S/c1-3-15-11(17)8-16(4-2)9-6-5-7-10(12(9)13)20(14,18)19/h5-7H,3-4,8,13H2,1-2H3,(H,15,17)(H2,14,18,19). The fraction of sp³-hybridized carbons (Fsp3) is 0.417. The van der Waals surface area contributed by atoms with Crippen molar-refractivity contribution in [1.82, 2.24) is 5.32 Å². The Labute approximate surface area is 119 Å². The summed E-state index contributed by atoms with van der Waals surface area (Å²) in [4.78, 5) is 13.2. The number of nitrogens with zero attached hydrogens (tertiary/aromatic N) is 1. The Balaban J connectivity index is 3.14. The summed E-state index contributed by atoms with van der Waals surface area (Å²) in [5.74, 6) is -0.158. The molecule has 0 fully saturated rings. The van der Waals surface area contributed by atoms with E-state index < -0.39 is 10.0 Å². The molecule has 112 valence electrons. The first kappa shape index (κ1) is 16.3. The highest BCUT2D eigenvalue weighted by Gasteiger charge is 2.18. The third-order valence-electron chi connectivity index (χ3n) is 2.78. The van der Waals surface area contributed by atoms with Gasteiger partial charge in [0.25, 0.3) is 0 Å². The molecule has 0 radical (unpaired) electrons. The Morgan fingerprint density at radius 2 is 2.00 bits per heavy atom. The summed E-state index contributed by atoms with van der Waals surface area (Å²) in [5.41, 5.74) is 6.40. The summed E-state index contributed by atoms with van der Waals surface area (Å²) >= 11 is 0. The average molecular weight is 300 g/mol. The highest BCUT2D eigenvalue weighted by atomic mass is 32.2. The molecule has 0 aliphatic rings. The summed E-state index contributed by atoms with van der Waals surface area (Å²) in [6.45, 7) is 4.81. The Bertz CT molecular complexity index is 586. The second-order valence-corrected chi connectivity index (χ2v) is 5.73. The van der Waals surface area contributed by atoms with Crippen molar-refractivity contribution in [3.63, 3.8) is 0 Å². The maximum atomic E-state index is 11.6. The number of hydrogen-bond acceptors (Lipinski definition) is 5. The van der Waals surface area contributed by atoms with Crippen LogP contribution in [0.1, 0.15) is 13.8 Å². The number of anilines is 2. The summed E-state index contributed by atoms with van der Waals surface area (Å²) in [7, 11) is -3.89. The van der Waals surface area contributed by atoms with E-state index in [0.717, 1.165) is 0 Å². The average Bonchev–Trinajstić information content (AvgIpc) is 2.35. The summed E-state index contributed by atoms with van der Waals surface area (Å²) in [5, 5.41) is 7.79. The highest BCUT2D eigenvalue weighted by Crippen LogP contribution is 2.28. The molecule has 0 aliphatic carbocycles. The molecule has 0 unspecified atom stereocenters. The van der Waals surface area contributed by atoms with E-state index in [4.69, 9.17) is 10.9 Å². The van der Waals surface area contributed by atoms with Gasteiger partial charge in [0.05, 0.1) is 17.9 Å². The molecule has 0 aliphatic heterocycles. The Kier molecular flexibility index (Phi) is 5.34. The zero-order valence-corrected chi connectivity index (χ0v) is 12.4. The Hall–Kier alpha value is -1.80. The Morgan fingerprint density at radius 3 is 2.50 bits per heavy atom. The number of sulfonamides is 1. The van der Waals surface area contributed by atoms with Crippen LogP contribution in [0.15, 0.2) is 23.1 Å². The number of para-hydroxylation sites is 1. The van der Waals surface area contributed by atoms with E-state index in [2.05, 4.69) is 5.32 Å². The third-order valence-corrected chi connectivity index (χ3v) is 3.75. The van der Waals surface area contributed by atoms with Crippen molar-refractivity contribution in [3.05, 3.63) is 18.2 Å². The van der Waals surface area contributed by atoms with Gasteiger partial charge in [0.1, 0.15) is 4.90 Å². The van der Waals surface area contributed by atoms with Crippen molar-refractivity contribution >= 4 is 27.3 Å². The number of nitrogen functional groups attached to an aromatic ring is 1. The molecule has 0 saturated heterocycles. The second-order valence-electron chi connectivity index (χ2n) is 4.20. The number of amides is 1. The van der Waals surface area contributed by atoms with Crippen LogP contribution in [0, 0.1) is 0 Å². The van der Waals surface area contributed by atoms with Gasteiger partial charge in [0.2, 0.25) is 15.9 Å². The summed E-state index contributed by atoms with van der Waals surface area (Å²) in [6.07, 6.45) is 0. The van der Waals surface area contributed by atoms with Crippen molar-refractivity contribution in [1.29, 1.82) is 0 Å². The molecule has 8 heteroatoms. The molecule has 7 nitrogen and oxygen atoms in total. The number of carbonyl (C=O) groups is 1. The van der Waals surface area contributed by atoms with E-state index in [1.54, 1.807) is 17.0 Å². The first-order valence-corrected chi connectivity index (χ1v) is 7.78. The van der Waals surface area contributed by atoms with E-state index in [1.165, 1.54) is 6.07 Å². The predicted octanol–water partition coefficient (Wildman–Crippen LogP) is -0.121. The number of nitrogens with one attached hydrogen (secondary N) is 1. The van der Waals surface area contributed by atoms with Crippen LogP contribution < -0.4 is 21.1 Å². The number of likely N-dealkylation sites (N-methyl/N-ethyl adjacent to an activating group) is 2. The summed E-state index contributed by atoms with van der Waals surface area (Å²) in [6, 6.07) is 4.55. The van der Waals surface area contributed by atoms with Gasteiger partial charge in [-0.05, 0) is 26.0 Å². The van der Waals surface area contributed by atoms with Crippen molar-refractivity contribution in [2.75, 3.05) is 30.3 Å². The highest BCUT2D eigenvalue weighted by molar-refractivity contribution is 7.89. The number of nitrogens with two attached hydrogens (primary N) is 2. The molecule has 0 spiro atoms. The number of benzene rings is 1. The molecule has 1 aromatic carbocycles. The van der Waals surface area contributed by atoms with E-state index in [9.17, 15) is 13.2 Å². The second kappa shape index (κ2) is 6.58. The zero-order chi connectivity index (χ0) is 15.3. The molecule has 1 amide bonds. The molecule has 0 aromatic heterocycles. The van der Waals surface area contributed by atoms with Gasteiger partial charge in [-0.3, -0.25) is 4.79 Å². The lowest BCUT2D eigenvalue weighted by atomic mass is 10.2. The quantitative estimate of drug-likeness (QED) is 0.633. The molecule has 0 atom stereocenters. The minimum atomic E-state index is -3.89. The van der Waals surface area contributed by atoms with Crippen LogP contribution in [0.4, 0.5) is 11.4 Å². The monoisotopic (exact) mass is 300 g/mol. The van der Waals surface area contributed by atoms with E-state index in [1.807, 2.05) is 13.8 Å². The van der Waals surface area contributed by atoms with E-state index in [-0.39, 0.29) is 23.0 Å². The van der Waals surface area contributed by atoms with Gasteiger partial charge >= 0.3 is 0 Å². The van der Waals surface area contributed by atoms with Crippen molar-refractivity contribution in [3.8, 4) is 0 Å².